The van der Waals surface area contributed by atoms with E-state index in [4.69, 9.17) is 4.74 Å². The number of unbranched alkanes of at least 4 members (excludes halogenated alkanes) is 1. The molecule has 1 aromatic carbocycles. The Kier molecular flexibility index (Phi) is 17.5. The topological polar surface area (TPSA) is 32.8 Å². The number of nitrogens with zero attached hydrogens (tertiary/aromatic N) is 2. The van der Waals surface area contributed by atoms with E-state index < -0.39 is 5.41 Å². The van der Waals surface area contributed by atoms with Crippen molar-refractivity contribution in [3.63, 3.8) is 0 Å². The van der Waals surface area contributed by atoms with E-state index in [0.29, 0.717) is 43.0 Å². The van der Waals surface area contributed by atoms with Gasteiger partial charge in [-0.05, 0) is 155 Å². The summed E-state index contributed by atoms with van der Waals surface area (Å²) in [5.41, 5.74) is 4.62. The second kappa shape index (κ2) is 18.9. The number of benzene rings is 1. The SMILES string of the molecule is C=C(OCCC(C)(CC)N(C)C(C)(C)CC)C(CCCC)(Cc1cc(C)c(C)c(C(C)(C)C)c1)C(=O)CCC(CC)CC(C)(C)N(C)C(C)C. The van der Waals surface area contributed by atoms with Crippen LogP contribution in [-0.4, -0.2) is 58.9 Å². The van der Waals surface area contributed by atoms with E-state index >= 15 is 4.79 Å². The van der Waals surface area contributed by atoms with Crippen molar-refractivity contribution in [3.05, 3.63) is 46.7 Å². The Morgan fingerprint density at radius 1 is 0.880 bits per heavy atom. The molecule has 0 aromatic heterocycles. The van der Waals surface area contributed by atoms with Gasteiger partial charge in [0.15, 0.2) is 0 Å². The molecule has 0 aliphatic carbocycles. The van der Waals surface area contributed by atoms with Crippen LogP contribution in [0.3, 0.4) is 0 Å². The van der Waals surface area contributed by atoms with Crippen molar-refractivity contribution >= 4 is 5.78 Å². The number of Topliss-reactive ketones (excluding diaryl/α,β-unsaturated/α-hetero) is 1. The average Bonchev–Trinajstić information content (AvgIpc) is 3.04. The van der Waals surface area contributed by atoms with E-state index in [9.17, 15) is 0 Å². The molecule has 0 saturated heterocycles. The first-order valence-corrected chi connectivity index (χ1v) is 20.3. The molecule has 0 fully saturated rings. The van der Waals surface area contributed by atoms with Crippen LogP contribution in [0.1, 0.15) is 183 Å². The van der Waals surface area contributed by atoms with Crippen molar-refractivity contribution in [2.75, 3.05) is 20.7 Å². The molecule has 0 radical (unpaired) electrons. The predicted octanol–water partition coefficient (Wildman–Crippen LogP) is 12.4. The highest BCUT2D eigenvalue weighted by Crippen LogP contribution is 2.42. The van der Waals surface area contributed by atoms with Crippen LogP contribution in [0.2, 0.25) is 0 Å². The summed E-state index contributed by atoms with van der Waals surface area (Å²) in [5, 5.41) is 0. The van der Waals surface area contributed by atoms with Gasteiger partial charge in [-0.3, -0.25) is 14.6 Å². The van der Waals surface area contributed by atoms with Crippen LogP contribution >= 0.6 is 0 Å². The quantitative estimate of drug-likeness (QED) is 0.107. The first-order valence-electron chi connectivity index (χ1n) is 20.3. The molecule has 0 N–H and O–H groups in total. The van der Waals surface area contributed by atoms with Crippen molar-refractivity contribution in [1.82, 2.24) is 9.80 Å². The normalized spacial score (nSPS) is 16.1. The summed E-state index contributed by atoms with van der Waals surface area (Å²) in [4.78, 5) is 20.0. The van der Waals surface area contributed by atoms with Crippen LogP contribution < -0.4 is 0 Å². The maximum atomic E-state index is 15.0. The molecule has 1 rings (SSSR count). The lowest BCUT2D eigenvalue weighted by molar-refractivity contribution is -0.130. The minimum atomic E-state index is -0.757. The van der Waals surface area contributed by atoms with Crippen molar-refractivity contribution in [1.29, 1.82) is 0 Å². The highest BCUT2D eigenvalue weighted by Gasteiger charge is 2.43. The standard InChI is InChI=1S/C46H84N2O2/c1-20-24-27-46(33-39-30-35(7)36(8)40(31-39)42(10,11)12,37(9)50-29-28-45(17,23-4)48(19)43(13,14)22-3)41(49)26-25-38(21-2)32-44(15,16)47(18)34(5)6/h30-31,34,38H,9,20-29,32-33H2,1-8,10-19H3. The van der Waals surface area contributed by atoms with Gasteiger partial charge in [0.1, 0.15) is 11.5 Å². The number of ketones is 1. The second-order valence-electron chi connectivity index (χ2n) is 18.8. The first kappa shape index (κ1) is 46.4. The Balaban J connectivity index is 3.63. The molecule has 3 atom stereocenters. The summed E-state index contributed by atoms with van der Waals surface area (Å²) in [6.45, 7) is 41.9. The molecular weight excluding hydrogens is 613 g/mol. The number of hydrogen-bond donors (Lipinski definition) is 0. The molecule has 0 saturated carbocycles. The monoisotopic (exact) mass is 697 g/mol. The van der Waals surface area contributed by atoms with Crippen molar-refractivity contribution in [3.8, 4) is 0 Å². The van der Waals surface area contributed by atoms with Gasteiger partial charge < -0.3 is 4.74 Å². The first-order chi connectivity index (χ1) is 22.9. The molecule has 0 bridgehead atoms. The van der Waals surface area contributed by atoms with Gasteiger partial charge in [0.25, 0.3) is 0 Å². The summed E-state index contributed by atoms with van der Waals surface area (Å²) in [5.74, 6) is 1.46. The molecule has 0 aliphatic heterocycles. The summed E-state index contributed by atoms with van der Waals surface area (Å²) >= 11 is 0. The third kappa shape index (κ3) is 11.9. The van der Waals surface area contributed by atoms with Gasteiger partial charge in [-0.25, -0.2) is 0 Å². The van der Waals surface area contributed by atoms with E-state index in [-0.39, 0.29) is 22.0 Å². The molecule has 50 heavy (non-hydrogen) atoms. The molecule has 290 valence electrons. The number of ether oxygens (including phenoxy) is 1. The van der Waals surface area contributed by atoms with Gasteiger partial charge in [-0.15, -0.1) is 0 Å². The Bertz CT molecular complexity index is 1220. The molecular formula is C46H84N2O2. The van der Waals surface area contributed by atoms with Gasteiger partial charge in [0, 0.05) is 29.1 Å². The second-order valence-corrected chi connectivity index (χ2v) is 18.8. The molecule has 4 nitrogen and oxygen atoms in total. The van der Waals surface area contributed by atoms with Crippen LogP contribution in [-0.2, 0) is 21.4 Å². The lowest BCUT2D eigenvalue weighted by Crippen LogP contribution is -2.54. The molecule has 0 heterocycles. The highest BCUT2D eigenvalue weighted by atomic mass is 16.5. The third-order valence-corrected chi connectivity index (χ3v) is 13.2. The van der Waals surface area contributed by atoms with E-state index in [0.717, 1.165) is 57.8 Å². The van der Waals surface area contributed by atoms with Crippen molar-refractivity contribution in [2.24, 2.45) is 11.3 Å². The maximum Gasteiger partial charge on any atom is 0.146 e. The van der Waals surface area contributed by atoms with Gasteiger partial charge in [-0.2, -0.15) is 0 Å². The molecule has 0 aliphatic rings. The van der Waals surface area contributed by atoms with Gasteiger partial charge in [-0.1, -0.05) is 86.4 Å². The van der Waals surface area contributed by atoms with Crippen LogP contribution in [0.5, 0.6) is 0 Å². The van der Waals surface area contributed by atoms with Crippen molar-refractivity contribution in [2.45, 2.75) is 209 Å². The molecule has 4 heteroatoms. The van der Waals surface area contributed by atoms with E-state index in [2.05, 4.69) is 153 Å². The Labute approximate surface area is 312 Å². The lowest BCUT2D eigenvalue weighted by Gasteiger charge is -2.48. The van der Waals surface area contributed by atoms with E-state index in [1.54, 1.807) is 0 Å². The molecule has 3 unspecified atom stereocenters. The fourth-order valence-corrected chi connectivity index (χ4v) is 8.02. The number of allylic oxidation sites excluding steroid dienone is 1. The van der Waals surface area contributed by atoms with Crippen LogP contribution in [0, 0.1) is 25.2 Å². The van der Waals surface area contributed by atoms with Crippen molar-refractivity contribution < 1.29 is 9.53 Å². The number of carbonyl (C=O) groups excluding carboxylic acids is 1. The number of hydrogen-bond acceptors (Lipinski definition) is 4. The van der Waals surface area contributed by atoms with Crippen LogP contribution in [0.25, 0.3) is 0 Å². The molecule has 0 amide bonds. The molecule has 0 spiro atoms. The van der Waals surface area contributed by atoms with Gasteiger partial charge in [0.05, 0.1) is 12.0 Å². The number of aryl methyl sites for hydroxylation is 1. The Morgan fingerprint density at radius 3 is 1.96 bits per heavy atom. The largest absolute Gasteiger partial charge is 0.497 e. The van der Waals surface area contributed by atoms with Gasteiger partial charge in [0.2, 0.25) is 0 Å². The zero-order chi connectivity index (χ0) is 38.9. The minimum absolute atomic E-state index is 0.0155. The van der Waals surface area contributed by atoms with Crippen LogP contribution in [0.4, 0.5) is 0 Å². The Morgan fingerprint density at radius 2 is 1.48 bits per heavy atom. The number of rotatable bonds is 23. The number of carbonyl (C=O) groups is 1. The van der Waals surface area contributed by atoms with E-state index in [1.807, 2.05) is 0 Å². The summed E-state index contributed by atoms with van der Waals surface area (Å²) in [6, 6.07) is 5.17. The van der Waals surface area contributed by atoms with Gasteiger partial charge >= 0.3 is 0 Å². The Hall–Kier alpha value is -1.65. The average molecular weight is 697 g/mol. The molecule has 1 aromatic rings. The zero-order valence-electron chi connectivity index (χ0n) is 36.7. The minimum Gasteiger partial charge on any atom is -0.497 e. The maximum absolute atomic E-state index is 15.0. The highest BCUT2D eigenvalue weighted by molar-refractivity contribution is 5.87. The fraction of sp³-hybridized carbons (Fsp3) is 0.804. The zero-order valence-corrected chi connectivity index (χ0v) is 36.7. The van der Waals surface area contributed by atoms with E-state index in [1.165, 1.54) is 22.3 Å². The van der Waals surface area contributed by atoms with Crippen LogP contribution in [0.15, 0.2) is 24.5 Å². The summed E-state index contributed by atoms with van der Waals surface area (Å²) in [7, 11) is 4.49. The summed E-state index contributed by atoms with van der Waals surface area (Å²) < 4.78 is 6.77. The lowest BCUT2D eigenvalue weighted by atomic mass is 9.69. The fourth-order valence-electron chi connectivity index (χ4n) is 8.02. The predicted molar refractivity (Wildman–Crippen MR) is 220 cm³/mol. The third-order valence-electron chi connectivity index (χ3n) is 13.2. The smallest absolute Gasteiger partial charge is 0.146 e. The summed E-state index contributed by atoms with van der Waals surface area (Å²) in [6.07, 6.45) is 10.0.